The SMILES string of the molecule is COc1nc(-c2ccc(-c3cccs3)s2)nc(-c2ccc(-c3cccs3)s2)n1.COc1nc(-c2ccc(Br)s2)nc(-c2ccc(Br)s2)n1.O=CO[O-].OB(O)c1cccs1.[H-].[Na+].[Na+].[Pd].c1ccc(P(c2ccccc2)c2ccccc2)cc1.c1ccc(P(c2ccccc2)c2ccccc2)cc1.c1ccc(P(c2ccccc2)c2ccccc2)cc1.c1ccc(P(c2ccccc2)c2ccccc2)cc1. The van der Waals surface area contributed by atoms with Crippen LogP contribution >= 0.6 is 143 Å². The molecule has 0 aliphatic carbocycles. The van der Waals surface area contributed by atoms with Crippen LogP contribution in [-0.2, 0) is 30.1 Å². The fraction of sp³-hybridized carbons (Fsp3) is 0.0183. The van der Waals surface area contributed by atoms with Crippen molar-refractivity contribution in [3.05, 3.63) is 473 Å². The second-order valence-corrected chi connectivity index (χ2v) is 47.2. The number of hydrogen-bond donors (Lipinski definition) is 2. The average molecular weight is 2260 g/mol. The van der Waals surface area contributed by atoms with Gasteiger partial charge in [-0.15, -0.1) is 68.0 Å². The molecule has 0 amide bonds. The Morgan fingerprint density at radius 2 is 0.468 bits per heavy atom. The molecule has 0 saturated carbocycles. The van der Waals surface area contributed by atoms with Crippen LogP contribution in [-0.4, -0.2) is 67.8 Å². The molecule has 0 bridgehead atoms. The van der Waals surface area contributed by atoms with Crippen LogP contribution in [0.2, 0.25) is 0 Å². The van der Waals surface area contributed by atoms with Crippen LogP contribution in [0.3, 0.4) is 0 Å². The van der Waals surface area contributed by atoms with E-state index in [9.17, 15) is 0 Å². The maximum atomic E-state index is 8.64. The maximum absolute atomic E-state index is 8.64. The van der Waals surface area contributed by atoms with Gasteiger partial charge in [0, 0.05) is 44.7 Å². The number of ether oxygens (including phenoxy) is 2. The summed E-state index contributed by atoms with van der Waals surface area (Å²) >= 11 is 18.2. The molecule has 9 aromatic heterocycles. The van der Waals surface area contributed by atoms with E-state index in [0.29, 0.717) is 40.1 Å². The molecule has 21 rings (SSSR count). The standard InChI is InChI=1S/C20H13N3OS4.4C18H15P.C12H7Br2N3OS2.C4H5BO2S.CH2O3.2Na.Pd.H/c1-24-20-22-18(16-8-6-14(27-16)12-4-2-10-25-12)21-19(23-20)17-9-7-15(28-17)13-5-3-11-26-13;4*1-4-10-16(11-5-1)19(17-12-6-2-7-13-17)18-14-8-3-9-15-18;1-18-12-16-10(6-2-4-8(13)19-6)15-11(17-12)7-3-5-9(14)20-7;6-5(7)4-2-1-3-8-4;2-1-4-3;;;;/h2-11H,1H3;4*1-15H;2-5H,1H3;1-3,6-7H;1,3H;;;;/q;;;;;;;;2*+1;;-1/p-1. The number of halogens is 2. The fourth-order valence-corrected chi connectivity index (χ4v) is 29.4. The molecule has 0 spiro atoms. The summed E-state index contributed by atoms with van der Waals surface area (Å²) in [6, 6.07) is 158. The number of hydrogen-bond acceptors (Lipinski definition) is 20. The molecule has 0 radical (unpaired) electrons. The number of carbonyl (C=O) groups is 1. The van der Waals surface area contributed by atoms with Gasteiger partial charge in [0.2, 0.25) is 0 Å². The molecule has 21 aromatic rings. The summed E-state index contributed by atoms with van der Waals surface area (Å²) in [5.41, 5.74) is 0. The van der Waals surface area contributed by atoms with E-state index in [0.717, 1.165) is 27.1 Å². The van der Waals surface area contributed by atoms with E-state index in [1.165, 1.54) is 94.5 Å². The molecule has 9 heterocycles. The van der Waals surface area contributed by atoms with Crippen LogP contribution in [0.1, 0.15) is 1.43 Å². The van der Waals surface area contributed by atoms with Gasteiger partial charge in [-0.1, -0.05) is 388 Å². The van der Waals surface area contributed by atoms with Crippen LogP contribution in [0.4, 0.5) is 0 Å². The number of benzene rings is 12. The fourth-order valence-electron chi connectivity index (χ4n) is 13.4. The largest absolute Gasteiger partial charge is 1.00 e. The zero-order valence-corrected chi connectivity index (χ0v) is 93.5. The van der Waals surface area contributed by atoms with Gasteiger partial charge in [0.1, 0.15) is 0 Å². The van der Waals surface area contributed by atoms with Crippen molar-refractivity contribution in [1.82, 2.24) is 29.9 Å². The van der Waals surface area contributed by atoms with Gasteiger partial charge in [-0.05, 0) is 204 Å². The summed E-state index contributed by atoms with van der Waals surface area (Å²) in [5.74, 6) is 2.51. The molecule has 12 aromatic carbocycles. The molecule has 686 valence electrons. The Hall–Kier alpha value is -9.08. The van der Waals surface area contributed by atoms with Crippen LogP contribution < -0.4 is 142 Å². The van der Waals surface area contributed by atoms with Crippen molar-refractivity contribution in [2.75, 3.05) is 14.2 Å². The molecule has 30 heteroatoms. The first-order chi connectivity index (χ1) is 67.0. The number of carbonyl (C=O) groups excluding carboxylic acids is 1. The van der Waals surface area contributed by atoms with Crippen molar-refractivity contribution in [2.45, 2.75) is 0 Å². The summed E-state index contributed by atoms with van der Waals surface area (Å²) < 4.78 is 13.2. The number of rotatable bonds is 22. The first-order valence-corrected chi connectivity index (χ1v) is 55.2. The zero-order chi connectivity index (χ0) is 94.1. The van der Waals surface area contributed by atoms with Crippen LogP contribution in [0.15, 0.2) is 473 Å². The third-order valence-electron chi connectivity index (χ3n) is 19.4. The number of nitrogens with zero attached hydrogens (tertiary/aromatic N) is 6. The van der Waals surface area contributed by atoms with Crippen LogP contribution in [0.5, 0.6) is 12.0 Å². The Kier molecular flexibility index (Phi) is 47.9. The third kappa shape index (κ3) is 33.5. The van der Waals surface area contributed by atoms with Gasteiger partial charge < -0.3 is 31.1 Å². The molecule has 0 saturated heterocycles. The molecule has 0 aliphatic rings. The van der Waals surface area contributed by atoms with Gasteiger partial charge in [0.25, 0.3) is 6.47 Å². The number of methoxy groups -OCH3 is 2. The van der Waals surface area contributed by atoms with Gasteiger partial charge in [0.15, 0.2) is 23.3 Å². The van der Waals surface area contributed by atoms with Gasteiger partial charge in [-0.3, -0.25) is 4.79 Å². The quantitative estimate of drug-likeness (QED) is 0.0215. The molecule has 139 heavy (non-hydrogen) atoms. The summed E-state index contributed by atoms with van der Waals surface area (Å²) in [6.45, 7) is -0.181. The molecular weight excluding hydrogens is 2180 g/mol. The second kappa shape index (κ2) is 60.4. The Labute approximate surface area is 920 Å². The Morgan fingerprint density at radius 3 is 0.626 bits per heavy atom. The topological polar surface area (TPSA) is 186 Å². The van der Waals surface area contributed by atoms with E-state index >= 15 is 0 Å². The van der Waals surface area contributed by atoms with Crippen molar-refractivity contribution in [2.24, 2.45) is 0 Å². The third-order valence-corrected chi connectivity index (χ3v) is 37.6. The number of thiophene rings is 7. The Morgan fingerprint density at radius 1 is 0.273 bits per heavy atom. The first kappa shape index (κ1) is 110. The van der Waals surface area contributed by atoms with Crippen molar-refractivity contribution in [3.63, 3.8) is 0 Å². The minimum Gasteiger partial charge on any atom is -1.00 e. The number of aromatic nitrogens is 6. The van der Waals surface area contributed by atoms with E-state index in [-0.39, 0.29) is 87.4 Å². The minimum absolute atomic E-state index is 0. The van der Waals surface area contributed by atoms with E-state index in [1.807, 2.05) is 24.3 Å². The van der Waals surface area contributed by atoms with Gasteiger partial charge in [0.05, 0.1) is 41.3 Å². The zero-order valence-electron chi connectivity index (χ0n) is 76.4. The minimum atomic E-state index is -1.30. The predicted octanol–water partition coefficient (Wildman–Crippen LogP) is 17.4. The molecular formula is C109H87BBr2N6Na2O7P4PdS7. The maximum Gasteiger partial charge on any atom is 1.00 e. The first-order valence-electron chi connectivity index (χ1n) is 42.3. The monoisotopic (exact) mass is 2260 g/mol. The predicted molar refractivity (Wildman–Crippen MR) is 591 cm³/mol. The summed E-state index contributed by atoms with van der Waals surface area (Å²) in [4.78, 5) is 46.9. The summed E-state index contributed by atoms with van der Waals surface area (Å²) in [7, 11) is 0.0561. The van der Waals surface area contributed by atoms with E-state index in [4.69, 9.17) is 34.6 Å². The molecule has 0 atom stereocenters. The van der Waals surface area contributed by atoms with Gasteiger partial charge in [-0.2, -0.15) is 31.3 Å². The van der Waals surface area contributed by atoms with E-state index < -0.39 is 38.8 Å². The summed E-state index contributed by atoms with van der Waals surface area (Å²) in [6.07, 6.45) is 0. The van der Waals surface area contributed by atoms with Gasteiger partial charge in [-0.25, -0.2) is 9.97 Å². The summed E-state index contributed by atoms with van der Waals surface area (Å²) in [5, 5.41) is 48.1. The molecule has 13 nitrogen and oxygen atoms in total. The normalized spacial score (nSPS) is 10.2. The van der Waals surface area contributed by atoms with Crippen molar-refractivity contribution in [3.8, 4) is 74.3 Å². The Balaban J connectivity index is 0.000000169. The van der Waals surface area contributed by atoms with E-state index in [2.05, 4.69) is 485 Å². The van der Waals surface area contributed by atoms with Crippen LogP contribution in [0.25, 0.3) is 62.3 Å². The van der Waals surface area contributed by atoms with E-state index in [1.54, 1.807) is 99.8 Å². The second-order valence-electron chi connectivity index (χ2n) is 28.4. The Bertz CT molecular complexity index is 6010. The molecule has 2 N–H and O–H groups in total. The smallest absolute Gasteiger partial charge is 1.00 e. The van der Waals surface area contributed by atoms with Crippen molar-refractivity contribution in [1.29, 1.82) is 0 Å². The molecule has 0 unspecified atom stereocenters. The van der Waals surface area contributed by atoms with Crippen molar-refractivity contribution < 1.29 is 115 Å². The molecule has 0 aliphatic heterocycles. The van der Waals surface area contributed by atoms with Gasteiger partial charge >= 0.3 is 78.3 Å². The average Bonchev–Trinajstić information content (AvgIpc) is 1.71. The van der Waals surface area contributed by atoms with Crippen LogP contribution in [0, 0.1) is 0 Å². The molecule has 0 fully saturated rings. The van der Waals surface area contributed by atoms with Crippen molar-refractivity contribution >= 4 is 225 Å².